The van der Waals surface area contributed by atoms with Crippen LogP contribution in [0.1, 0.15) is 12.0 Å². The monoisotopic (exact) mass is 353 g/mol. The van der Waals surface area contributed by atoms with Gasteiger partial charge in [0.2, 0.25) is 0 Å². The maximum Gasteiger partial charge on any atom is 0.260 e. The van der Waals surface area contributed by atoms with E-state index in [1.54, 1.807) is 12.0 Å². The Kier molecular flexibility index (Phi) is 4.57. The lowest BCUT2D eigenvalue weighted by Crippen LogP contribution is -2.69. The van der Waals surface area contributed by atoms with Crippen LogP contribution in [0.25, 0.3) is 0 Å². The summed E-state index contributed by atoms with van der Waals surface area (Å²) >= 11 is 0. The molecule has 1 aromatic carbocycles. The third kappa shape index (κ3) is 2.91. The number of carbonyl (C=O) groups excluding carboxylic acids is 1. The van der Waals surface area contributed by atoms with E-state index in [-0.39, 0.29) is 37.3 Å². The normalized spacial score (nSPS) is 23.9. The van der Waals surface area contributed by atoms with E-state index in [0.29, 0.717) is 18.8 Å². The molecule has 1 aromatic rings. The molecule has 0 aromatic heterocycles. The molecule has 1 atom stereocenters. The van der Waals surface area contributed by atoms with Gasteiger partial charge in [0.25, 0.3) is 5.91 Å². The van der Waals surface area contributed by atoms with E-state index < -0.39 is 14.6 Å². The van der Waals surface area contributed by atoms with Crippen molar-refractivity contribution in [2.24, 2.45) is 5.92 Å². The highest BCUT2D eigenvalue weighted by Crippen LogP contribution is 2.44. The second-order valence-electron chi connectivity index (χ2n) is 6.68. The maximum absolute atomic E-state index is 12.4. The molecule has 132 valence electrons. The molecule has 2 saturated heterocycles. The van der Waals surface area contributed by atoms with E-state index in [2.05, 4.69) is 0 Å². The third-order valence-corrected chi connectivity index (χ3v) is 7.72. The summed E-state index contributed by atoms with van der Waals surface area (Å²) in [6, 6.07) is 7.46. The Labute approximate surface area is 142 Å². The van der Waals surface area contributed by atoms with Crippen LogP contribution in [0.2, 0.25) is 0 Å². The first-order valence-corrected chi connectivity index (χ1v) is 9.72. The highest BCUT2D eigenvalue weighted by atomic mass is 32.2. The highest BCUT2D eigenvalue weighted by molar-refractivity contribution is 7.93. The first-order valence-electron chi connectivity index (χ1n) is 8.06. The number of amides is 1. The summed E-state index contributed by atoms with van der Waals surface area (Å²) < 4.78 is 34.7. The smallest absolute Gasteiger partial charge is 0.260 e. The van der Waals surface area contributed by atoms with E-state index >= 15 is 0 Å². The number of hydrogen-bond acceptors (Lipinski definition) is 5. The Balaban J connectivity index is 1.58. The van der Waals surface area contributed by atoms with Crippen LogP contribution < -0.4 is 4.74 Å². The van der Waals surface area contributed by atoms with Crippen molar-refractivity contribution in [1.29, 1.82) is 0 Å². The van der Waals surface area contributed by atoms with Gasteiger partial charge < -0.3 is 14.4 Å². The minimum Gasteiger partial charge on any atom is -0.484 e. The zero-order valence-corrected chi connectivity index (χ0v) is 14.8. The molecule has 0 bridgehead atoms. The number of sulfone groups is 1. The lowest BCUT2D eigenvalue weighted by Gasteiger charge is -2.49. The van der Waals surface area contributed by atoms with Crippen LogP contribution in [0.4, 0.5) is 0 Å². The molecule has 2 aliphatic heterocycles. The van der Waals surface area contributed by atoms with Crippen molar-refractivity contribution in [2.45, 2.75) is 18.1 Å². The average Bonchev–Trinajstić information content (AvgIpc) is 2.76. The average molecular weight is 353 g/mol. The van der Waals surface area contributed by atoms with E-state index in [9.17, 15) is 13.2 Å². The quantitative estimate of drug-likeness (QED) is 0.791. The number of methoxy groups -OCH3 is 1. The molecule has 0 radical (unpaired) electrons. The van der Waals surface area contributed by atoms with Crippen molar-refractivity contribution in [1.82, 2.24) is 4.90 Å². The zero-order chi connectivity index (χ0) is 17.4. The largest absolute Gasteiger partial charge is 0.484 e. The molecule has 0 N–H and O–H groups in total. The van der Waals surface area contributed by atoms with Crippen LogP contribution in [0, 0.1) is 12.8 Å². The molecule has 0 saturated carbocycles. The topological polar surface area (TPSA) is 72.9 Å². The Morgan fingerprint density at radius 2 is 1.96 bits per heavy atom. The van der Waals surface area contributed by atoms with E-state index in [1.165, 1.54) is 0 Å². The lowest BCUT2D eigenvalue weighted by atomic mass is 9.83. The molecule has 0 aliphatic carbocycles. The Hall–Kier alpha value is -1.60. The van der Waals surface area contributed by atoms with Gasteiger partial charge in [0.1, 0.15) is 10.5 Å². The number of benzene rings is 1. The fourth-order valence-corrected chi connectivity index (χ4v) is 5.96. The summed E-state index contributed by atoms with van der Waals surface area (Å²) in [5.41, 5.74) is 1.12. The van der Waals surface area contributed by atoms with Crippen LogP contribution >= 0.6 is 0 Å². The van der Waals surface area contributed by atoms with Gasteiger partial charge >= 0.3 is 0 Å². The van der Waals surface area contributed by atoms with Gasteiger partial charge in [0, 0.05) is 26.1 Å². The van der Waals surface area contributed by atoms with E-state index in [1.807, 2.05) is 31.2 Å². The number of carbonyl (C=O) groups is 1. The van der Waals surface area contributed by atoms with Crippen molar-refractivity contribution in [3.05, 3.63) is 29.8 Å². The Bertz CT molecular complexity index is 707. The van der Waals surface area contributed by atoms with Gasteiger partial charge in [-0.1, -0.05) is 17.7 Å². The van der Waals surface area contributed by atoms with Crippen LogP contribution in [-0.2, 0) is 19.4 Å². The van der Waals surface area contributed by atoms with Crippen molar-refractivity contribution in [2.75, 3.05) is 39.2 Å². The Morgan fingerprint density at radius 3 is 2.58 bits per heavy atom. The van der Waals surface area contributed by atoms with Crippen molar-refractivity contribution >= 4 is 15.7 Å². The predicted molar refractivity (Wildman–Crippen MR) is 89.8 cm³/mol. The number of ether oxygens (including phenoxy) is 2. The molecule has 2 fully saturated rings. The van der Waals surface area contributed by atoms with Gasteiger partial charge in [-0.25, -0.2) is 8.42 Å². The fourth-order valence-electron chi connectivity index (χ4n) is 3.56. The molecule has 1 spiro atoms. The molecule has 0 unspecified atom stereocenters. The van der Waals surface area contributed by atoms with Crippen molar-refractivity contribution < 1.29 is 22.7 Å². The molecular weight excluding hydrogens is 330 g/mol. The molecule has 24 heavy (non-hydrogen) atoms. The standard InChI is InChI=1S/C17H23NO5S/c1-13-3-5-15(6-4-13)23-10-16(19)18-11-17(12-18)14(9-22-2)7-8-24(17,20)21/h3-6,14H,7-12H2,1-2H3/t14-/m1/s1. The van der Waals surface area contributed by atoms with Crippen molar-refractivity contribution in [3.63, 3.8) is 0 Å². The number of aryl methyl sites for hydroxylation is 1. The fraction of sp³-hybridized carbons (Fsp3) is 0.588. The Morgan fingerprint density at radius 1 is 1.29 bits per heavy atom. The molecule has 2 aliphatic rings. The summed E-state index contributed by atoms with van der Waals surface area (Å²) in [4.78, 5) is 13.8. The number of rotatable bonds is 5. The van der Waals surface area contributed by atoms with E-state index in [4.69, 9.17) is 9.47 Å². The summed E-state index contributed by atoms with van der Waals surface area (Å²) in [7, 11) is -1.60. The second kappa shape index (κ2) is 6.37. The minimum atomic E-state index is -3.17. The summed E-state index contributed by atoms with van der Waals surface area (Å²) in [6.07, 6.45) is 0.609. The van der Waals surface area contributed by atoms with Gasteiger partial charge in [-0.3, -0.25) is 4.79 Å². The molecule has 7 heteroatoms. The first kappa shape index (κ1) is 17.2. The van der Waals surface area contributed by atoms with Crippen LogP contribution in [0.15, 0.2) is 24.3 Å². The third-order valence-electron chi connectivity index (χ3n) is 5.12. The van der Waals surface area contributed by atoms with E-state index in [0.717, 1.165) is 5.56 Å². The van der Waals surface area contributed by atoms with Crippen molar-refractivity contribution in [3.8, 4) is 5.75 Å². The highest BCUT2D eigenvalue weighted by Gasteiger charge is 2.62. The minimum absolute atomic E-state index is 0.0328. The van der Waals surface area contributed by atoms with Gasteiger partial charge in [-0.15, -0.1) is 0 Å². The lowest BCUT2D eigenvalue weighted by molar-refractivity contribution is -0.140. The summed E-state index contributed by atoms with van der Waals surface area (Å²) in [6.45, 7) is 2.82. The molecular formula is C17H23NO5S. The van der Waals surface area contributed by atoms with Crippen LogP contribution in [-0.4, -0.2) is 63.1 Å². The number of nitrogens with zero attached hydrogens (tertiary/aromatic N) is 1. The molecule has 6 nitrogen and oxygen atoms in total. The summed E-state index contributed by atoms with van der Waals surface area (Å²) in [5, 5.41) is 0. The zero-order valence-electron chi connectivity index (χ0n) is 14.0. The maximum atomic E-state index is 12.4. The molecule has 2 heterocycles. The number of hydrogen-bond donors (Lipinski definition) is 0. The summed E-state index contributed by atoms with van der Waals surface area (Å²) in [5.74, 6) is 0.604. The SMILES string of the molecule is COC[C@H]1CCS(=O)(=O)C12CN(C(=O)COc1ccc(C)cc1)C2. The van der Waals surface area contributed by atoms with Crippen LogP contribution in [0.3, 0.4) is 0 Å². The van der Waals surface area contributed by atoms with Gasteiger partial charge in [0.05, 0.1) is 12.4 Å². The number of likely N-dealkylation sites (tertiary alicyclic amines) is 1. The first-order chi connectivity index (χ1) is 11.4. The molecule has 1 amide bonds. The second-order valence-corrected chi connectivity index (χ2v) is 9.13. The van der Waals surface area contributed by atoms with Crippen LogP contribution in [0.5, 0.6) is 5.75 Å². The molecule has 3 rings (SSSR count). The van der Waals surface area contributed by atoms with Gasteiger partial charge in [-0.05, 0) is 25.5 Å². The van der Waals surface area contributed by atoms with Gasteiger partial charge in [0.15, 0.2) is 16.4 Å². The predicted octanol–water partition coefficient (Wildman–Crippen LogP) is 1.04. The van der Waals surface area contributed by atoms with Gasteiger partial charge in [-0.2, -0.15) is 0 Å².